The standard InChI is InChI=1S/C22H29N3O3S2/c26-22(25-13-11-24(12-14-25)17-20-6-3-15-29-20)9-10-23-30(27,28)21-8-7-18-4-1-2-5-19(18)16-21/h3,6-8,15-16,23H,1-2,4-5,9-14,17H2. The Morgan fingerprint density at radius 2 is 1.80 bits per heavy atom. The molecule has 0 saturated carbocycles. The fourth-order valence-corrected chi connectivity index (χ4v) is 6.02. The van der Waals surface area contributed by atoms with E-state index < -0.39 is 10.0 Å². The summed E-state index contributed by atoms with van der Waals surface area (Å²) in [5, 5.41) is 2.08. The first-order chi connectivity index (χ1) is 14.5. The molecule has 0 unspecified atom stereocenters. The number of amides is 1. The minimum absolute atomic E-state index is 0.0129. The Hall–Kier alpha value is -1.74. The molecular weight excluding hydrogens is 418 g/mol. The van der Waals surface area contributed by atoms with Gasteiger partial charge in [-0.3, -0.25) is 9.69 Å². The van der Waals surface area contributed by atoms with Crippen LogP contribution in [0.2, 0.25) is 0 Å². The van der Waals surface area contributed by atoms with E-state index in [1.54, 1.807) is 23.5 Å². The Morgan fingerprint density at radius 3 is 2.53 bits per heavy atom. The van der Waals surface area contributed by atoms with Crippen LogP contribution in [0.3, 0.4) is 0 Å². The number of benzene rings is 1. The average Bonchev–Trinajstić information content (AvgIpc) is 3.27. The summed E-state index contributed by atoms with van der Waals surface area (Å²) in [6.45, 7) is 4.16. The van der Waals surface area contributed by atoms with Crippen molar-refractivity contribution in [2.24, 2.45) is 0 Å². The highest BCUT2D eigenvalue weighted by Crippen LogP contribution is 2.24. The Kier molecular flexibility index (Phi) is 6.87. The van der Waals surface area contributed by atoms with Gasteiger partial charge in [0.15, 0.2) is 0 Å². The quantitative estimate of drug-likeness (QED) is 0.708. The second-order valence-corrected chi connectivity index (χ2v) is 10.8. The maximum Gasteiger partial charge on any atom is 0.240 e. The van der Waals surface area contributed by atoms with E-state index in [1.165, 1.54) is 16.9 Å². The van der Waals surface area contributed by atoms with Crippen molar-refractivity contribution in [3.63, 3.8) is 0 Å². The van der Waals surface area contributed by atoms with E-state index in [0.29, 0.717) is 18.0 Å². The number of carbonyl (C=O) groups excluding carboxylic acids is 1. The summed E-state index contributed by atoms with van der Waals surface area (Å²) in [6.07, 6.45) is 4.43. The zero-order chi connectivity index (χ0) is 21.0. The molecule has 1 aromatic carbocycles. The molecule has 4 rings (SSSR count). The summed E-state index contributed by atoms with van der Waals surface area (Å²) >= 11 is 1.76. The van der Waals surface area contributed by atoms with Crippen LogP contribution in [-0.2, 0) is 34.2 Å². The summed E-state index contributed by atoms with van der Waals surface area (Å²) in [5.74, 6) is 0.0129. The molecule has 1 aromatic heterocycles. The van der Waals surface area contributed by atoms with Gasteiger partial charge in [-0.2, -0.15) is 0 Å². The molecule has 0 radical (unpaired) electrons. The van der Waals surface area contributed by atoms with Crippen molar-refractivity contribution >= 4 is 27.3 Å². The molecule has 8 heteroatoms. The summed E-state index contributed by atoms with van der Waals surface area (Å²) in [5.41, 5.74) is 2.40. The zero-order valence-corrected chi connectivity index (χ0v) is 18.8. The van der Waals surface area contributed by atoms with Crippen LogP contribution in [0.4, 0.5) is 0 Å². The first-order valence-electron chi connectivity index (χ1n) is 10.7. The molecular formula is C22H29N3O3S2. The maximum absolute atomic E-state index is 12.6. The number of carbonyl (C=O) groups is 1. The minimum Gasteiger partial charge on any atom is -0.340 e. The molecule has 1 N–H and O–H groups in total. The van der Waals surface area contributed by atoms with Crippen LogP contribution in [0.1, 0.15) is 35.3 Å². The highest BCUT2D eigenvalue weighted by Gasteiger charge is 2.22. The third-order valence-corrected chi connectivity index (χ3v) is 8.27. The van der Waals surface area contributed by atoms with Gasteiger partial charge in [0.1, 0.15) is 0 Å². The van der Waals surface area contributed by atoms with E-state index >= 15 is 0 Å². The number of rotatable bonds is 7. The normalized spacial score (nSPS) is 17.7. The number of fused-ring (bicyclic) bond motifs is 1. The fraction of sp³-hybridized carbons (Fsp3) is 0.500. The number of hydrogen-bond donors (Lipinski definition) is 1. The first-order valence-corrected chi connectivity index (χ1v) is 13.0. The third kappa shape index (κ3) is 5.29. The van der Waals surface area contributed by atoms with E-state index in [2.05, 4.69) is 27.1 Å². The van der Waals surface area contributed by atoms with Crippen LogP contribution in [0.5, 0.6) is 0 Å². The van der Waals surface area contributed by atoms with Gasteiger partial charge in [0.05, 0.1) is 4.90 Å². The number of sulfonamides is 1. The van der Waals surface area contributed by atoms with Gasteiger partial charge in [-0.15, -0.1) is 11.3 Å². The molecule has 1 amide bonds. The molecule has 2 aromatic rings. The molecule has 1 fully saturated rings. The fourth-order valence-electron chi connectivity index (χ4n) is 4.19. The monoisotopic (exact) mass is 447 g/mol. The molecule has 2 aliphatic rings. The topological polar surface area (TPSA) is 69.7 Å². The van der Waals surface area contributed by atoms with Crippen molar-refractivity contribution < 1.29 is 13.2 Å². The van der Waals surface area contributed by atoms with Crippen LogP contribution in [0.15, 0.2) is 40.6 Å². The SMILES string of the molecule is O=C(CCNS(=O)(=O)c1ccc2c(c1)CCCC2)N1CCN(Cc2cccs2)CC1. The average molecular weight is 448 g/mol. The van der Waals surface area contributed by atoms with E-state index in [1.807, 2.05) is 11.0 Å². The van der Waals surface area contributed by atoms with E-state index in [0.717, 1.165) is 44.5 Å². The molecule has 0 bridgehead atoms. The highest BCUT2D eigenvalue weighted by molar-refractivity contribution is 7.89. The molecule has 0 atom stereocenters. The van der Waals surface area contributed by atoms with Gasteiger partial charge in [0, 0.05) is 50.6 Å². The largest absolute Gasteiger partial charge is 0.340 e. The van der Waals surface area contributed by atoms with Gasteiger partial charge in [-0.05, 0) is 60.4 Å². The van der Waals surface area contributed by atoms with Gasteiger partial charge >= 0.3 is 0 Å². The second-order valence-electron chi connectivity index (χ2n) is 8.02. The molecule has 162 valence electrons. The van der Waals surface area contributed by atoms with Gasteiger partial charge in [0.25, 0.3) is 0 Å². The van der Waals surface area contributed by atoms with E-state index in [9.17, 15) is 13.2 Å². The predicted octanol–water partition coefficient (Wildman–Crippen LogP) is 2.64. The minimum atomic E-state index is -3.59. The zero-order valence-electron chi connectivity index (χ0n) is 17.2. The molecule has 1 saturated heterocycles. The van der Waals surface area contributed by atoms with Crippen molar-refractivity contribution in [1.82, 2.24) is 14.5 Å². The van der Waals surface area contributed by atoms with E-state index in [4.69, 9.17) is 0 Å². The van der Waals surface area contributed by atoms with Gasteiger partial charge in [-0.25, -0.2) is 13.1 Å². The smallest absolute Gasteiger partial charge is 0.240 e. The molecule has 6 nitrogen and oxygen atoms in total. The van der Waals surface area contributed by atoms with Crippen molar-refractivity contribution in [2.75, 3.05) is 32.7 Å². The maximum atomic E-state index is 12.6. The molecule has 30 heavy (non-hydrogen) atoms. The Balaban J connectivity index is 1.23. The predicted molar refractivity (Wildman–Crippen MR) is 119 cm³/mol. The summed E-state index contributed by atoms with van der Waals surface area (Å²) in [7, 11) is -3.59. The molecule has 2 heterocycles. The number of thiophene rings is 1. The van der Waals surface area contributed by atoms with Gasteiger partial charge in [0.2, 0.25) is 15.9 Å². The van der Waals surface area contributed by atoms with Gasteiger partial charge in [-0.1, -0.05) is 12.1 Å². The summed E-state index contributed by atoms with van der Waals surface area (Å²) in [4.78, 5) is 18.4. The third-order valence-electron chi connectivity index (χ3n) is 5.95. The Bertz CT molecular complexity index is 966. The summed E-state index contributed by atoms with van der Waals surface area (Å²) in [6, 6.07) is 9.61. The number of hydrogen-bond acceptors (Lipinski definition) is 5. The Labute approximate surface area is 182 Å². The number of nitrogens with zero attached hydrogens (tertiary/aromatic N) is 2. The van der Waals surface area contributed by atoms with Crippen LogP contribution in [0.25, 0.3) is 0 Å². The summed E-state index contributed by atoms with van der Waals surface area (Å²) < 4.78 is 27.9. The molecule has 1 aliphatic heterocycles. The number of piperazine rings is 1. The van der Waals surface area contributed by atoms with Crippen LogP contribution in [-0.4, -0.2) is 56.8 Å². The van der Waals surface area contributed by atoms with Crippen LogP contribution < -0.4 is 4.72 Å². The van der Waals surface area contributed by atoms with Crippen molar-refractivity contribution in [2.45, 2.75) is 43.5 Å². The lowest BCUT2D eigenvalue weighted by atomic mass is 9.92. The lowest BCUT2D eigenvalue weighted by Crippen LogP contribution is -2.48. The van der Waals surface area contributed by atoms with Crippen molar-refractivity contribution in [1.29, 1.82) is 0 Å². The van der Waals surface area contributed by atoms with E-state index in [-0.39, 0.29) is 18.9 Å². The van der Waals surface area contributed by atoms with Crippen LogP contribution in [0, 0.1) is 0 Å². The lowest BCUT2D eigenvalue weighted by Gasteiger charge is -2.34. The Morgan fingerprint density at radius 1 is 1.03 bits per heavy atom. The van der Waals surface area contributed by atoms with Crippen molar-refractivity contribution in [3.05, 3.63) is 51.7 Å². The number of nitrogens with one attached hydrogen (secondary N) is 1. The van der Waals surface area contributed by atoms with Gasteiger partial charge < -0.3 is 4.90 Å². The molecule has 0 spiro atoms. The van der Waals surface area contributed by atoms with Crippen LogP contribution >= 0.6 is 11.3 Å². The lowest BCUT2D eigenvalue weighted by molar-refractivity contribution is -0.132. The first kappa shape index (κ1) is 21.5. The second kappa shape index (κ2) is 9.60. The highest BCUT2D eigenvalue weighted by atomic mass is 32.2. The molecule has 1 aliphatic carbocycles. The van der Waals surface area contributed by atoms with Crippen molar-refractivity contribution in [3.8, 4) is 0 Å². The number of aryl methyl sites for hydroxylation is 2.